The monoisotopic (exact) mass is 186 g/mol. The first kappa shape index (κ1) is 10.1. The molecule has 12 heavy (non-hydrogen) atoms. The second-order valence-corrected chi connectivity index (χ2v) is 4.70. The van der Waals surface area contributed by atoms with Crippen molar-refractivity contribution in [2.45, 2.75) is 33.1 Å². The van der Waals surface area contributed by atoms with Gasteiger partial charge in [-0.25, -0.2) is 0 Å². The van der Waals surface area contributed by atoms with Crippen molar-refractivity contribution in [1.82, 2.24) is 0 Å². The standard InChI is InChI=1S/C11H19Cl/c1-4-5-10(3)11(8-12)6-9(2)7-11/h4,9-10H,1,5-8H2,2-3H3. The van der Waals surface area contributed by atoms with Gasteiger partial charge < -0.3 is 0 Å². The van der Waals surface area contributed by atoms with E-state index >= 15 is 0 Å². The van der Waals surface area contributed by atoms with Crippen LogP contribution in [0.2, 0.25) is 0 Å². The Kier molecular flexibility index (Phi) is 3.22. The van der Waals surface area contributed by atoms with Gasteiger partial charge in [0, 0.05) is 5.88 Å². The molecule has 0 aliphatic heterocycles. The Morgan fingerprint density at radius 3 is 2.58 bits per heavy atom. The third kappa shape index (κ3) is 1.69. The van der Waals surface area contributed by atoms with Gasteiger partial charge in [0.1, 0.15) is 0 Å². The molecule has 0 saturated heterocycles. The summed E-state index contributed by atoms with van der Waals surface area (Å²) in [7, 11) is 0. The summed E-state index contributed by atoms with van der Waals surface area (Å²) in [4.78, 5) is 0. The van der Waals surface area contributed by atoms with Gasteiger partial charge in [0.15, 0.2) is 0 Å². The van der Waals surface area contributed by atoms with Crippen molar-refractivity contribution < 1.29 is 0 Å². The molecule has 0 aromatic rings. The van der Waals surface area contributed by atoms with Crippen LogP contribution in [0.15, 0.2) is 12.7 Å². The summed E-state index contributed by atoms with van der Waals surface area (Å²) in [5.74, 6) is 2.42. The minimum Gasteiger partial charge on any atom is -0.126 e. The van der Waals surface area contributed by atoms with Gasteiger partial charge >= 0.3 is 0 Å². The highest BCUT2D eigenvalue weighted by atomic mass is 35.5. The van der Waals surface area contributed by atoms with Crippen molar-refractivity contribution in [3.05, 3.63) is 12.7 Å². The molecule has 1 unspecified atom stereocenters. The summed E-state index contributed by atoms with van der Waals surface area (Å²) >= 11 is 6.02. The van der Waals surface area contributed by atoms with Crippen molar-refractivity contribution >= 4 is 11.6 Å². The molecule has 0 amide bonds. The first-order chi connectivity index (χ1) is 5.64. The Morgan fingerprint density at radius 2 is 2.25 bits per heavy atom. The number of hydrogen-bond acceptors (Lipinski definition) is 0. The lowest BCUT2D eigenvalue weighted by molar-refractivity contribution is 0.0323. The highest BCUT2D eigenvalue weighted by molar-refractivity contribution is 6.18. The quantitative estimate of drug-likeness (QED) is 0.462. The molecule has 0 spiro atoms. The van der Waals surface area contributed by atoms with E-state index in [2.05, 4.69) is 20.4 Å². The van der Waals surface area contributed by atoms with Crippen molar-refractivity contribution in [1.29, 1.82) is 0 Å². The fourth-order valence-electron chi connectivity index (χ4n) is 2.47. The molecule has 0 nitrogen and oxygen atoms in total. The molecular weight excluding hydrogens is 168 g/mol. The molecule has 1 fully saturated rings. The number of halogens is 1. The summed E-state index contributed by atoms with van der Waals surface area (Å²) in [6.07, 6.45) is 5.75. The Hall–Kier alpha value is 0.0300. The average Bonchev–Trinajstić information content (AvgIpc) is 1.98. The van der Waals surface area contributed by atoms with Crippen molar-refractivity contribution in [2.24, 2.45) is 17.3 Å². The third-order valence-electron chi connectivity index (χ3n) is 3.34. The molecule has 0 aromatic carbocycles. The third-order valence-corrected chi connectivity index (χ3v) is 3.87. The minimum absolute atomic E-state index is 0.440. The number of hydrogen-bond donors (Lipinski definition) is 0. The van der Waals surface area contributed by atoms with Crippen molar-refractivity contribution in [3.63, 3.8) is 0 Å². The highest BCUT2D eigenvalue weighted by Gasteiger charge is 2.44. The summed E-state index contributed by atoms with van der Waals surface area (Å²) in [6, 6.07) is 0. The van der Waals surface area contributed by atoms with Crippen LogP contribution in [-0.2, 0) is 0 Å². The SMILES string of the molecule is C=CCC(C)C1(CCl)CC(C)C1. The zero-order valence-corrected chi connectivity index (χ0v) is 8.90. The van der Waals surface area contributed by atoms with Crippen LogP contribution >= 0.6 is 11.6 Å². The molecule has 1 rings (SSSR count). The number of rotatable bonds is 4. The lowest BCUT2D eigenvalue weighted by atomic mass is 9.57. The largest absolute Gasteiger partial charge is 0.126 e. The summed E-state index contributed by atoms with van der Waals surface area (Å²) in [6.45, 7) is 8.40. The molecule has 1 atom stereocenters. The van der Waals surface area contributed by atoms with Crippen LogP contribution in [0.5, 0.6) is 0 Å². The normalized spacial score (nSPS) is 37.1. The Labute approximate surface area is 81.0 Å². The van der Waals surface area contributed by atoms with Gasteiger partial charge in [0.25, 0.3) is 0 Å². The van der Waals surface area contributed by atoms with Crippen LogP contribution in [0.25, 0.3) is 0 Å². The second kappa shape index (κ2) is 3.83. The van der Waals surface area contributed by atoms with Gasteiger partial charge in [0.2, 0.25) is 0 Å². The van der Waals surface area contributed by atoms with Crippen LogP contribution in [-0.4, -0.2) is 5.88 Å². The average molecular weight is 187 g/mol. The van der Waals surface area contributed by atoms with Crippen LogP contribution < -0.4 is 0 Å². The van der Waals surface area contributed by atoms with Crippen molar-refractivity contribution in [2.75, 3.05) is 5.88 Å². The lowest BCUT2D eigenvalue weighted by Crippen LogP contribution is -2.42. The summed E-state index contributed by atoms with van der Waals surface area (Å²) < 4.78 is 0. The zero-order chi connectivity index (χ0) is 9.19. The molecule has 1 saturated carbocycles. The highest BCUT2D eigenvalue weighted by Crippen LogP contribution is 2.52. The molecule has 1 aliphatic rings. The van der Waals surface area contributed by atoms with Gasteiger partial charge in [-0.1, -0.05) is 19.9 Å². The van der Waals surface area contributed by atoms with Crippen LogP contribution in [0.3, 0.4) is 0 Å². The molecule has 0 bridgehead atoms. The van der Waals surface area contributed by atoms with E-state index < -0.39 is 0 Å². The maximum atomic E-state index is 6.02. The lowest BCUT2D eigenvalue weighted by Gasteiger charge is -2.49. The van der Waals surface area contributed by atoms with Crippen LogP contribution in [0.1, 0.15) is 33.1 Å². The second-order valence-electron chi connectivity index (χ2n) is 4.43. The van der Waals surface area contributed by atoms with E-state index in [1.165, 1.54) is 12.8 Å². The van der Waals surface area contributed by atoms with E-state index in [4.69, 9.17) is 11.6 Å². The number of allylic oxidation sites excluding steroid dienone is 1. The van der Waals surface area contributed by atoms with Gasteiger partial charge in [0.05, 0.1) is 0 Å². The Bertz CT molecular complexity index is 156. The van der Waals surface area contributed by atoms with E-state index in [9.17, 15) is 0 Å². The van der Waals surface area contributed by atoms with E-state index in [-0.39, 0.29) is 0 Å². The Balaban J connectivity index is 2.50. The molecule has 1 aliphatic carbocycles. The van der Waals surface area contributed by atoms with E-state index in [0.29, 0.717) is 11.3 Å². The molecule has 0 heterocycles. The molecule has 0 radical (unpaired) electrons. The first-order valence-electron chi connectivity index (χ1n) is 4.81. The van der Waals surface area contributed by atoms with Crippen LogP contribution in [0, 0.1) is 17.3 Å². The Morgan fingerprint density at radius 1 is 1.67 bits per heavy atom. The zero-order valence-electron chi connectivity index (χ0n) is 8.15. The molecule has 1 heteroatoms. The van der Waals surface area contributed by atoms with E-state index in [0.717, 1.165) is 18.2 Å². The molecule has 70 valence electrons. The number of alkyl halides is 1. The maximum absolute atomic E-state index is 6.02. The first-order valence-corrected chi connectivity index (χ1v) is 5.35. The molecule has 0 aromatic heterocycles. The van der Waals surface area contributed by atoms with E-state index in [1.807, 2.05) is 6.08 Å². The van der Waals surface area contributed by atoms with Gasteiger partial charge in [-0.05, 0) is 36.5 Å². The van der Waals surface area contributed by atoms with Gasteiger partial charge in [-0.2, -0.15) is 0 Å². The molecular formula is C11H19Cl. The fraction of sp³-hybridized carbons (Fsp3) is 0.818. The fourth-order valence-corrected chi connectivity index (χ4v) is 2.95. The topological polar surface area (TPSA) is 0 Å². The van der Waals surface area contributed by atoms with Gasteiger partial charge in [-0.15, -0.1) is 18.2 Å². The smallest absolute Gasteiger partial charge is 0.0282 e. The van der Waals surface area contributed by atoms with Crippen LogP contribution in [0.4, 0.5) is 0 Å². The predicted octanol–water partition coefficient (Wildman–Crippen LogP) is 3.85. The van der Waals surface area contributed by atoms with E-state index in [1.54, 1.807) is 0 Å². The molecule has 0 N–H and O–H groups in total. The maximum Gasteiger partial charge on any atom is 0.0282 e. The van der Waals surface area contributed by atoms with Crippen molar-refractivity contribution in [3.8, 4) is 0 Å². The summed E-state index contributed by atoms with van der Waals surface area (Å²) in [5.41, 5.74) is 0.440. The van der Waals surface area contributed by atoms with Gasteiger partial charge in [-0.3, -0.25) is 0 Å². The summed E-state index contributed by atoms with van der Waals surface area (Å²) in [5, 5.41) is 0. The predicted molar refractivity (Wildman–Crippen MR) is 55.5 cm³/mol. The minimum atomic E-state index is 0.440.